The number of hydrogen-bond donors (Lipinski definition) is 1. The first kappa shape index (κ1) is 11.4. The van der Waals surface area contributed by atoms with Crippen LogP contribution in [0.2, 0.25) is 0 Å². The lowest BCUT2D eigenvalue weighted by molar-refractivity contribution is 0.0696. The SMILES string of the molecule is O=C(O)c1ccccc1C(Cl)=C(Cl)Cl. The van der Waals surface area contributed by atoms with Gasteiger partial charge in [0.05, 0.1) is 10.6 Å². The minimum absolute atomic E-state index is 0.0336. The first-order valence-electron chi connectivity index (χ1n) is 3.57. The van der Waals surface area contributed by atoms with Gasteiger partial charge in [-0.3, -0.25) is 0 Å². The van der Waals surface area contributed by atoms with Crippen molar-refractivity contribution in [2.45, 2.75) is 0 Å². The average molecular weight is 251 g/mol. The molecule has 1 aromatic rings. The molecule has 14 heavy (non-hydrogen) atoms. The number of carbonyl (C=O) groups is 1. The summed E-state index contributed by atoms with van der Waals surface area (Å²) in [6, 6.07) is 6.22. The minimum Gasteiger partial charge on any atom is -0.478 e. The Balaban J connectivity index is 3.35. The van der Waals surface area contributed by atoms with Gasteiger partial charge >= 0.3 is 5.97 Å². The molecule has 0 unspecified atom stereocenters. The van der Waals surface area contributed by atoms with E-state index >= 15 is 0 Å². The maximum atomic E-state index is 10.8. The molecular weight excluding hydrogens is 246 g/mol. The Morgan fingerprint density at radius 1 is 1.07 bits per heavy atom. The molecule has 0 aliphatic rings. The summed E-state index contributed by atoms with van der Waals surface area (Å²) < 4.78 is -0.152. The number of benzene rings is 1. The number of hydrogen-bond acceptors (Lipinski definition) is 1. The highest BCUT2D eigenvalue weighted by Crippen LogP contribution is 2.30. The molecule has 5 heteroatoms. The van der Waals surface area contributed by atoms with E-state index in [-0.39, 0.29) is 15.1 Å². The predicted octanol–water partition coefficient (Wildman–Crippen LogP) is 3.73. The van der Waals surface area contributed by atoms with E-state index in [4.69, 9.17) is 39.9 Å². The van der Waals surface area contributed by atoms with E-state index in [1.807, 2.05) is 0 Å². The summed E-state index contributed by atoms with van der Waals surface area (Å²) in [7, 11) is 0. The topological polar surface area (TPSA) is 37.3 Å². The van der Waals surface area contributed by atoms with Crippen LogP contribution in [0.4, 0.5) is 0 Å². The highest BCUT2D eigenvalue weighted by molar-refractivity contribution is 6.67. The van der Waals surface area contributed by atoms with Crippen molar-refractivity contribution in [3.8, 4) is 0 Å². The van der Waals surface area contributed by atoms with Crippen molar-refractivity contribution in [1.82, 2.24) is 0 Å². The molecule has 74 valence electrons. The van der Waals surface area contributed by atoms with Gasteiger partial charge in [0, 0.05) is 5.56 Å². The lowest BCUT2D eigenvalue weighted by Crippen LogP contribution is -2.00. The van der Waals surface area contributed by atoms with Crippen LogP contribution >= 0.6 is 34.8 Å². The summed E-state index contributed by atoms with van der Waals surface area (Å²) in [6.07, 6.45) is 0. The number of carboxylic acids is 1. The zero-order valence-corrected chi connectivity index (χ0v) is 9.07. The van der Waals surface area contributed by atoms with Crippen molar-refractivity contribution < 1.29 is 9.90 Å². The van der Waals surface area contributed by atoms with E-state index in [1.165, 1.54) is 12.1 Å². The molecule has 0 aliphatic carbocycles. The van der Waals surface area contributed by atoms with Gasteiger partial charge in [0.2, 0.25) is 0 Å². The molecule has 0 aliphatic heterocycles. The van der Waals surface area contributed by atoms with Crippen molar-refractivity contribution in [3.05, 3.63) is 39.9 Å². The molecule has 1 aromatic carbocycles. The van der Waals surface area contributed by atoms with Gasteiger partial charge < -0.3 is 5.11 Å². The molecule has 0 bridgehead atoms. The summed E-state index contributed by atoms with van der Waals surface area (Å²) in [4.78, 5) is 10.8. The Kier molecular flexibility index (Phi) is 3.81. The van der Waals surface area contributed by atoms with Crippen LogP contribution in [0.5, 0.6) is 0 Å². The van der Waals surface area contributed by atoms with Crippen LogP contribution < -0.4 is 0 Å². The van der Waals surface area contributed by atoms with Gasteiger partial charge in [-0.1, -0.05) is 53.0 Å². The third-order valence-electron chi connectivity index (χ3n) is 1.56. The Morgan fingerprint density at radius 3 is 2.00 bits per heavy atom. The Bertz CT molecular complexity index is 395. The number of halogens is 3. The first-order chi connectivity index (χ1) is 6.54. The van der Waals surface area contributed by atoms with Crippen molar-refractivity contribution >= 4 is 45.8 Å². The second-order valence-electron chi connectivity index (χ2n) is 2.43. The van der Waals surface area contributed by atoms with Crippen molar-refractivity contribution in [2.75, 3.05) is 0 Å². The maximum Gasteiger partial charge on any atom is 0.336 e. The summed E-state index contributed by atoms with van der Waals surface area (Å²) >= 11 is 16.7. The molecule has 0 amide bonds. The molecule has 0 saturated heterocycles. The lowest BCUT2D eigenvalue weighted by atomic mass is 10.1. The van der Waals surface area contributed by atoms with Gasteiger partial charge in [-0.25, -0.2) is 4.79 Å². The lowest BCUT2D eigenvalue weighted by Gasteiger charge is -2.03. The summed E-state index contributed by atoms with van der Waals surface area (Å²) in [5.41, 5.74) is 0.373. The van der Waals surface area contributed by atoms with E-state index in [1.54, 1.807) is 12.1 Å². The Labute approximate surface area is 95.7 Å². The number of aromatic carboxylic acids is 1. The summed E-state index contributed by atoms with van der Waals surface area (Å²) in [5, 5.41) is 8.86. The summed E-state index contributed by atoms with van der Waals surface area (Å²) in [6.45, 7) is 0. The predicted molar refractivity (Wildman–Crippen MR) is 57.9 cm³/mol. The highest BCUT2D eigenvalue weighted by Gasteiger charge is 2.13. The van der Waals surface area contributed by atoms with E-state index in [2.05, 4.69) is 0 Å². The number of carboxylic acid groups (broad SMARTS) is 1. The maximum absolute atomic E-state index is 10.8. The molecule has 1 N–H and O–H groups in total. The minimum atomic E-state index is -1.08. The molecular formula is C9H5Cl3O2. The Hall–Kier alpha value is -0.700. The molecule has 0 heterocycles. The zero-order chi connectivity index (χ0) is 10.7. The molecule has 2 nitrogen and oxygen atoms in total. The smallest absolute Gasteiger partial charge is 0.336 e. The second-order valence-corrected chi connectivity index (χ2v) is 3.75. The largest absolute Gasteiger partial charge is 0.478 e. The highest BCUT2D eigenvalue weighted by atomic mass is 35.5. The third kappa shape index (κ3) is 2.41. The monoisotopic (exact) mass is 250 g/mol. The van der Waals surface area contributed by atoms with Gasteiger partial charge in [-0.2, -0.15) is 0 Å². The molecule has 0 aromatic heterocycles. The molecule has 0 radical (unpaired) electrons. The van der Waals surface area contributed by atoms with Crippen molar-refractivity contribution in [3.63, 3.8) is 0 Å². The van der Waals surface area contributed by atoms with Crippen LogP contribution in [-0.2, 0) is 0 Å². The fraction of sp³-hybridized carbons (Fsp3) is 0. The van der Waals surface area contributed by atoms with E-state index in [0.29, 0.717) is 5.56 Å². The van der Waals surface area contributed by atoms with Crippen LogP contribution in [0.3, 0.4) is 0 Å². The quantitative estimate of drug-likeness (QED) is 0.869. The van der Waals surface area contributed by atoms with Crippen LogP contribution in [-0.4, -0.2) is 11.1 Å². The molecule has 0 fully saturated rings. The molecule has 0 spiro atoms. The molecule has 0 atom stereocenters. The molecule has 0 saturated carbocycles. The Morgan fingerprint density at radius 2 is 1.57 bits per heavy atom. The van der Waals surface area contributed by atoms with Gasteiger partial charge in [0.1, 0.15) is 4.49 Å². The van der Waals surface area contributed by atoms with E-state index in [9.17, 15) is 4.79 Å². The van der Waals surface area contributed by atoms with Gasteiger partial charge in [0.15, 0.2) is 0 Å². The van der Waals surface area contributed by atoms with Crippen LogP contribution in [0.15, 0.2) is 28.8 Å². The van der Waals surface area contributed by atoms with Gasteiger partial charge in [-0.15, -0.1) is 0 Å². The van der Waals surface area contributed by atoms with Gasteiger partial charge in [0.25, 0.3) is 0 Å². The van der Waals surface area contributed by atoms with E-state index < -0.39 is 5.97 Å². The van der Waals surface area contributed by atoms with Crippen LogP contribution in [0.1, 0.15) is 15.9 Å². The van der Waals surface area contributed by atoms with Crippen LogP contribution in [0, 0.1) is 0 Å². The summed E-state index contributed by atoms with van der Waals surface area (Å²) in [5.74, 6) is -1.08. The fourth-order valence-corrected chi connectivity index (χ4v) is 1.33. The normalized spacial score (nSPS) is 9.64. The van der Waals surface area contributed by atoms with Crippen LogP contribution in [0.25, 0.3) is 5.03 Å². The van der Waals surface area contributed by atoms with Gasteiger partial charge in [-0.05, 0) is 6.07 Å². The van der Waals surface area contributed by atoms with E-state index in [0.717, 1.165) is 0 Å². The second kappa shape index (κ2) is 4.69. The average Bonchev–Trinajstić information content (AvgIpc) is 2.16. The van der Waals surface area contributed by atoms with Crippen molar-refractivity contribution in [1.29, 1.82) is 0 Å². The fourth-order valence-electron chi connectivity index (χ4n) is 0.963. The zero-order valence-electron chi connectivity index (χ0n) is 6.80. The third-order valence-corrected chi connectivity index (χ3v) is 2.52. The first-order valence-corrected chi connectivity index (χ1v) is 4.71. The van der Waals surface area contributed by atoms with Crippen molar-refractivity contribution in [2.24, 2.45) is 0 Å². The number of rotatable bonds is 2. The molecule has 1 rings (SSSR count). The standard InChI is InChI=1S/C9H5Cl3O2/c10-7(8(11)12)5-3-1-2-4-6(5)9(13)14/h1-4H,(H,13,14).